The number of ether oxygens (including phenoxy) is 1. The minimum absolute atomic E-state index is 0.160. The summed E-state index contributed by atoms with van der Waals surface area (Å²) in [6.07, 6.45) is 4.25. The zero-order valence-corrected chi connectivity index (χ0v) is 19.8. The van der Waals surface area contributed by atoms with E-state index in [0.29, 0.717) is 12.4 Å². The number of carboxylic acid groups (broad SMARTS) is 1. The highest BCUT2D eigenvalue weighted by Gasteiger charge is 2.29. The fraction of sp³-hybridized carbons (Fsp3) is 0.222. The SMILES string of the molecule is Cc1cccnc1OC[C@H]1CCCN1c1cc2c(cc1F)c(=O)c(C(=O)O)cn2-c1ccc(O)c(F)c1. The molecule has 3 heterocycles. The number of carbonyl (C=O) groups is 1. The first-order valence-corrected chi connectivity index (χ1v) is 11.7. The summed E-state index contributed by atoms with van der Waals surface area (Å²) in [5.74, 6) is -3.19. The van der Waals surface area contributed by atoms with Gasteiger partial charge in [-0.15, -0.1) is 0 Å². The highest BCUT2D eigenvalue weighted by molar-refractivity contribution is 5.94. The number of rotatable bonds is 6. The van der Waals surface area contributed by atoms with Crippen molar-refractivity contribution < 1.29 is 28.5 Å². The van der Waals surface area contributed by atoms with Crippen LogP contribution < -0.4 is 15.1 Å². The van der Waals surface area contributed by atoms with Crippen molar-refractivity contribution in [2.24, 2.45) is 0 Å². The van der Waals surface area contributed by atoms with Crippen molar-refractivity contribution in [1.82, 2.24) is 9.55 Å². The molecule has 2 aromatic carbocycles. The molecule has 0 aliphatic carbocycles. The first-order valence-electron chi connectivity index (χ1n) is 11.7. The van der Waals surface area contributed by atoms with E-state index in [9.17, 15) is 24.2 Å². The van der Waals surface area contributed by atoms with Gasteiger partial charge in [-0.25, -0.2) is 18.6 Å². The first-order chi connectivity index (χ1) is 17.7. The highest BCUT2D eigenvalue weighted by Crippen LogP contribution is 2.33. The summed E-state index contributed by atoms with van der Waals surface area (Å²) in [5.41, 5.74) is 0.00717. The van der Waals surface area contributed by atoms with Crippen LogP contribution in [0.3, 0.4) is 0 Å². The maximum atomic E-state index is 15.5. The van der Waals surface area contributed by atoms with Gasteiger partial charge in [-0.3, -0.25) is 4.79 Å². The third-order valence-electron chi connectivity index (χ3n) is 6.57. The molecule has 1 aliphatic rings. The number of phenols is 1. The lowest BCUT2D eigenvalue weighted by atomic mass is 10.1. The molecule has 1 fully saturated rings. The number of benzene rings is 2. The van der Waals surface area contributed by atoms with Gasteiger partial charge in [-0.2, -0.15) is 0 Å². The number of aryl methyl sites for hydroxylation is 1. The van der Waals surface area contributed by atoms with Crippen LogP contribution in [0.25, 0.3) is 16.6 Å². The van der Waals surface area contributed by atoms with E-state index in [2.05, 4.69) is 4.98 Å². The molecule has 1 aliphatic heterocycles. The van der Waals surface area contributed by atoms with Crippen molar-refractivity contribution in [1.29, 1.82) is 0 Å². The van der Waals surface area contributed by atoms with Gasteiger partial charge in [0.05, 0.1) is 17.2 Å². The van der Waals surface area contributed by atoms with Crippen molar-refractivity contribution in [2.75, 3.05) is 18.1 Å². The van der Waals surface area contributed by atoms with E-state index in [4.69, 9.17) is 4.74 Å². The minimum atomic E-state index is -1.49. The molecule has 0 radical (unpaired) electrons. The van der Waals surface area contributed by atoms with Gasteiger partial charge >= 0.3 is 5.97 Å². The number of hydrogen-bond acceptors (Lipinski definition) is 6. The van der Waals surface area contributed by atoms with Crippen molar-refractivity contribution in [3.8, 4) is 17.3 Å². The molecule has 2 N–H and O–H groups in total. The average molecular weight is 507 g/mol. The minimum Gasteiger partial charge on any atom is -0.505 e. The van der Waals surface area contributed by atoms with Gasteiger partial charge in [0.25, 0.3) is 0 Å². The monoisotopic (exact) mass is 507 g/mol. The second-order valence-corrected chi connectivity index (χ2v) is 8.93. The molecule has 10 heteroatoms. The summed E-state index contributed by atoms with van der Waals surface area (Å²) in [5, 5.41) is 19.0. The van der Waals surface area contributed by atoms with Gasteiger partial charge in [-0.05, 0) is 50.1 Å². The van der Waals surface area contributed by atoms with E-state index >= 15 is 4.39 Å². The third-order valence-corrected chi connectivity index (χ3v) is 6.57. The third kappa shape index (κ3) is 4.46. The highest BCUT2D eigenvalue weighted by atomic mass is 19.1. The molecule has 0 unspecified atom stereocenters. The Morgan fingerprint density at radius 2 is 2.00 bits per heavy atom. The van der Waals surface area contributed by atoms with Crippen LogP contribution in [0, 0.1) is 18.6 Å². The van der Waals surface area contributed by atoms with Gasteiger partial charge in [0.2, 0.25) is 11.3 Å². The van der Waals surface area contributed by atoms with Crippen molar-refractivity contribution in [3.63, 3.8) is 0 Å². The van der Waals surface area contributed by atoms with Crippen LogP contribution in [0.2, 0.25) is 0 Å². The zero-order chi connectivity index (χ0) is 26.3. The number of halogens is 2. The summed E-state index contributed by atoms with van der Waals surface area (Å²) in [6.45, 7) is 2.70. The molecule has 190 valence electrons. The summed E-state index contributed by atoms with van der Waals surface area (Å²) < 4.78 is 36.8. The van der Waals surface area contributed by atoms with Crippen LogP contribution >= 0.6 is 0 Å². The molecular formula is C27H23F2N3O5. The number of fused-ring (bicyclic) bond motifs is 1. The Morgan fingerprint density at radius 1 is 1.19 bits per heavy atom. The molecule has 0 amide bonds. The number of aromatic hydroxyl groups is 1. The van der Waals surface area contributed by atoms with E-state index in [1.807, 2.05) is 24.0 Å². The number of pyridine rings is 2. The molecule has 0 saturated carbocycles. The van der Waals surface area contributed by atoms with Crippen molar-refractivity contribution in [2.45, 2.75) is 25.8 Å². The molecule has 5 rings (SSSR count). The van der Waals surface area contributed by atoms with Crippen molar-refractivity contribution in [3.05, 3.63) is 87.8 Å². The Kier molecular flexibility index (Phi) is 6.24. The molecule has 8 nitrogen and oxygen atoms in total. The van der Waals surface area contributed by atoms with Gasteiger partial charge in [-0.1, -0.05) is 6.07 Å². The summed E-state index contributed by atoms with van der Waals surface area (Å²) >= 11 is 0. The number of nitrogens with zero attached hydrogens (tertiary/aromatic N) is 3. The van der Waals surface area contributed by atoms with Crippen LogP contribution in [0.5, 0.6) is 11.6 Å². The zero-order valence-electron chi connectivity index (χ0n) is 19.8. The molecule has 0 spiro atoms. The number of carboxylic acids is 1. The van der Waals surface area contributed by atoms with Crippen LogP contribution in [0.4, 0.5) is 14.5 Å². The Hall–Kier alpha value is -4.47. The van der Waals surface area contributed by atoms with Gasteiger partial charge < -0.3 is 24.4 Å². The Balaban J connectivity index is 1.61. The average Bonchev–Trinajstić information content (AvgIpc) is 3.33. The Morgan fingerprint density at radius 3 is 2.73 bits per heavy atom. The van der Waals surface area contributed by atoms with E-state index < -0.39 is 34.3 Å². The van der Waals surface area contributed by atoms with E-state index in [-0.39, 0.29) is 34.9 Å². The molecule has 4 aromatic rings. The number of aromatic carboxylic acids is 1. The number of anilines is 1. The lowest BCUT2D eigenvalue weighted by Gasteiger charge is -2.28. The second kappa shape index (κ2) is 9.53. The van der Waals surface area contributed by atoms with Crippen LogP contribution in [0.15, 0.2) is 59.7 Å². The fourth-order valence-electron chi connectivity index (χ4n) is 4.69. The van der Waals surface area contributed by atoms with E-state index in [0.717, 1.165) is 42.8 Å². The number of phenolic OH excluding ortho intramolecular Hbond substituents is 1. The molecule has 0 bridgehead atoms. The van der Waals surface area contributed by atoms with Crippen molar-refractivity contribution >= 4 is 22.6 Å². The lowest BCUT2D eigenvalue weighted by molar-refractivity contribution is 0.0695. The smallest absolute Gasteiger partial charge is 0.341 e. The normalized spacial score (nSPS) is 15.3. The maximum Gasteiger partial charge on any atom is 0.341 e. The molecule has 1 saturated heterocycles. The molecular weight excluding hydrogens is 484 g/mol. The topological polar surface area (TPSA) is 105 Å². The summed E-state index contributed by atoms with van der Waals surface area (Å²) in [6, 6.07) is 9.51. The molecule has 1 atom stereocenters. The summed E-state index contributed by atoms with van der Waals surface area (Å²) in [4.78, 5) is 30.7. The van der Waals surface area contributed by atoms with E-state index in [1.165, 1.54) is 16.7 Å². The van der Waals surface area contributed by atoms with E-state index in [1.54, 1.807) is 6.20 Å². The standard InChI is InChI=1S/C27H23F2N3O5/c1-15-4-2-8-30-26(15)37-14-17-5-3-9-31(17)23-12-22-18(11-20(23)28)25(34)19(27(35)36)13-32(22)16-6-7-24(33)21(29)10-16/h2,4,6-8,10-13,17,33H,3,5,9,14H2,1H3,(H,35,36)/t17-/m1/s1. The van der Waals surface area contributed by atoms with Gasteiger partial charge in [0, 0.05) is 41.6 Å². The van der Waals surface area contributed by atoms with Gasteiger partial charge in [0.15, 0.2) is 11.6 Å². The van der Waals surface area contributed by atoms with Crippen LogP contribution in [-0.2, 0) is 0 Å². The quantitative estimate of drug-likeness (QED) is 0.398. The number of aromatic nitrogens is 2. The largest absolute Gasteiger partial charge is 0.505 e. The maximum absolute atomic E-state index is 15.5. The van der Waals surface area contributed by atoms with Crippen LogP contribution in [0.1, 0.15) is 28.8 Å². The molecule has 37 heavy (non-hydrogen) atoms. The predicted molar refractivity (Wildman–Crippen MR) is 133 cm³/mol. The second-order valence-electron chi connectivity index (χ2n) is 8.93. The predicted octanol–water partition coefficient (Wildman–Crippen LogP) is 4.42. The van der Waals surface area contributed by atoms with Gasteiger partial charge in [0.1, 0.15) is 18.0 Å². The first kappa shape index (κ1) is 24.2. The Bertz CT molecular complexity index is 1590. The molecule has 2 aromatic heterocycles. The Labute approximate surface area is 210 Å². The summed E-state index contributed by atoms with van der Waals surface area (Å²) in [7, 11) is 0. The fourth-order valence-corrected chi connectivity index (χ4v) is 4.69. The lowest BCUT2D eigenvalue weighted by Crippen LogP contribution is -2.35. The number of hydrogen-bond donors (Lipinski definition) is 2. The van der Waals surface area contributed by atoms with Crippen LogP contribution in [-0.4, -0.2) is 44.9 Å².